The van der Waals surface area contributed by atoms with Gasteiger partial charge >= 0.3 is 0 Å². The van der Waals surface area contributed by atoms with Crippen molar-refractivity contribution in [2.75, 3.05) is 25.6 Å². The third kappa shape index (κ3) is 2.45. The monoisotopic (exact) mass is 276 g/mol. The van der Waals surface area contributed by atoms with Gasteiger partial charge in [-0.1, -0.05) is 18.2 Å². The normalized spacial score (nSPS) is 17.4. The van der Waals surface area contributed by atoms with Crippen molar-refractivity contribution in [3.63, 3.8) is 0 Å². The van der Waals surface area contributed by atoms with Crippen LogP contribution in [0.4, 0.5) is 0 Å². The molecule has 2 aromatic rings. The fourth-order valence-corrected chi connectivity index (χ4v) is 3.33. The largest absolute Gasteiger partial charge is 0.396 e. The molecule has 0 bridgehead atoms. The molecule has 1 aliphatic heterocycles. The topological polar surface area (TPSA) is 55.2 Å². The van der Waals surface area contributed by atoms with Crippen LogP contribution in [-0.4, -0.2) is 40.6 Å². The van der Waals surface area contributed by atoms with Crippen LogP contribution in [0.3, 0.4) is 0 Å². The molecule has 4 nitrogen and oxygen atoms in total. The zero-order chi connectivity index (χ0) is 13.3. The highest BCUT2D eigenvalue weighted by Gasteiger charge is 2.38. The Kier molecular flexibility index (Phi) is 3.43. The second-order valence-electron chi connectivity index (χ2n) is 5.03. The molecule has 3 rings (SSSR count). The van der Waals surface area contributed by atoms with E-state index in [-0.39, 0.29) is 12.0 Å². The number of aliphatic hydroxyl groups excluding tert-OH is 1. The molecule has 0 amide bonds. The molecule has 0 spiro atoms. The molecule has 1 saturated heterocycles. The van der Waals surface area contributed by atoms with E-state index in [0.29, 0.717) is 13.2 Å². The summed E-state index contributed by atoms with van der Waals surface area (Å²) >= 11 is 1.68. The zero-order valence-electron chi connectivity index (χ0n) is 10.8. The van der Waals surface area contributed by atoms with Gasteiger partial charge in [0.05, 0.1) is 25.3 Å². The molecule has 19 heavy (non-hydrogen) atoms. The van der Waals surface area contributed by atoms with E-state index >= 15 is 0 Å². The Hall–Kier alpha value is -1.17. The molecule has 2 heterocycles. The minimum absolute atomic E-state index is 0.0926. The molecule has 1 N–H and O–H groups in total. The quantitative estimate of drug-likeness (QED) is 0.684. The van der Waals surface area contributed by atoms with E-state index in [1.54, 1.807) is 11.8 Å². The van der Waals surface area contributed by atoms with Gasteiger partial charge in [0.2, 0.25) is 0 Å². The first-order valence-corrected chi connectivity index (χ1v) is 7.26. The Balaban J connectivity index is 1.88. The smallest absolute Gasteiger partial charge is 0.127 e. The van der Waals surface area contributed by atoms with Crippen molar-refractivity contribution in [2.45, 2.75) is 11.9 Å². The van der Waals surface area contributed by atoms with Crippen molar-refractivity contribution in [3.05, 3.63) is 30.1 Å². The highest BCUT2D eigenvalue weighted by Crippen LogP contribution is 2.35. The Labute approximate surface area is 116 Å². The number of benzene rings is 1. The van der Waals surface area contributed by atoms with Crippen molar-refractivity contribution in [3.8, 4) is 0 Å². The van der Waals surface area contributed by atoms with Gasteiger partial charge in [0.15, 0.2) is 0 Å². The lowest BCUT2D eigenvalue weighted by atomic mass is 9.90. The number of fused-ring (bicyclic) bond motifs is 1. The molecular weight excluding hydrogens is 260 g/mol. The molecule has 0 atom stereocenters. The van der Waals surface area contributed by atoms with Gasteiger partial charge in [-0.2, -0.15) is 0 Å². The van der Waals surface area contributed by atoms with E-state index in [0.717, 1.165) is 27.5 Å². The predicted octanol–water partition coefficient (Wildman–Crippen LogP) is 2.04. The van der Waals surface area contributed by atoms with Gasteiger partial charge in [-0.3, -0.25) is 0 Å². The Bertz CT molecular complexity index is 594. The Morgan fingerprint density at radius 1 is 1.32 bits per heavy atom. The van der Waals surface area contributed by atoms with Crippen LogP contribution < -0.4 is 0 Å². The van der Waals surface area contributed by atoms with Crippen LogP contribution in [0.1, 0.15) is 5.82 Å². The second kappa shape index (κ2) is 5.07. The standard InChI is InChI=1S/C14H16N2O2S/c1-10-15-12-5-3-2-4-11(12)13(16-10)19-9-14(6-17)7-18-8-14/h2-5,17H,6-9H2,1H3. The first kappa shape index (κ1) is 12.8. The molecule has 5 heteroatoms. The number of thioether (sulfide) groups is 1. The van der Waals surface area contributed by atoms with Crippen LogP contribution in [0.2, 0.25) is 0 Å². The lowest BCUT2D eigenvalue weighted by Crippen LogP contribution is -2.47. The first-order valence-electron chi connectivity index (χ1n) is 6.27. The molecule has 1 aromatic carbocycles. The van der Waals surface area contributed by atoms with Crippen molar-refractivity contribution in [1.29, 1.82) is 0 Å². The molecule has 0 radical (unpaired) electrons. The average molecular weight is 276 g/mol. The van der Waals surface area contributed by atoms with Crippen LogP contribution in [0.15, 0.2) is 29.3 Å². The third-order valence-electron chi connectivity index (χ3n) is 3.35. The maximum atomic E-state index is 9.46. The summed E-state index contributed by atoms with van der Waals surface area (Å²) in [6, 6.07) is 8.03. The minimum Gasteiger partial charge on any atom is -0.396 e. The van der Waals surface area contributed by atoms with Crippen LogP contribution in [0.5, 0.6) is 0 Å². The molecule has 1 aromatic heterocycles. The zero-order valence-corrected chi connectivity index (χ0v) is 11.6. The van der Waals surface area contributed by atoms with E-state index in [9.17, 15) is 5.11 Å². The van der Waals surface area contributed by atoms with E-state index in [1.807, 2.05) is 31.2 Å². The highest BCUT2D eigenvalue weighted by molar-refractivity contribution is 7.99. The van der Waals surface area contributed by atoms with Crippen molar-refractivity contribution >= 4 is 22.7 Å². The van der Waals surface area contributed by atoms with Crippen LogP contribution in [0, 0.1) is 12.3 Å². The summed E-state index contributed by atoms with van der Waals surface area (Å²) in [4.78, 5) is 8.96. The number of hydrogen-bond acceptors (Lipinski definition) is 5. The summed E-state index contributed by atoms with van der Waals surface area (Å²) < 4.78 is 5.22. The van der Waals surface area contributed by atoms with Gasteiger partial charge < -0.3 is 9.84 Å². The van der Waals surface area contributed by atoms with Gasteiger partial charge in [-0.15, -0.1) is 11.8 Å². The summed E-state index contributed by atoms with van der Waals surface area (Å²) in [5.41, 5.74) is 0.880. The summed E-state index contributed by atoms with van der Waals surface area (Å²) in [5, 5.41) is 11.5. The number of aromatic nitrogens is 2. The van der Waals surface area contributed by atoms with Crippen molar-refractivity contribution in [2.24, 2.45) is 5.41 Å². The van der Waals surface area contributed by atoms with E-state index in [2.05, 4.69) is 9.97 Å². The maximum absolute atomic E-state index is 9.46. The highest BCUT2D eigenvalue weighted by atomic mass is 32.2. The number of hydrogen-bond donors (Lipinski definition) is 1. The van der Waals surface area contributed by atoms with Gasteiger partial charge in [0, 0.05) is 16.6 Å². The molecular formula is C14H16N2O2S. The summed E-state index contributed by atoms with van der Waals surface area (Å²) in [5.74, 6) is 1.60. The summed E-state index contributed by atoms with van der Waals surface area (Å²) in [7, 11) is 0. The third-order valence-corrected chi connectivity index (χ3v) is 4.69. The molecule has 1 aliphatic rings. The molecule has 0 saturated carbocycles. The number of aryl methyl sites for hydroxylation is 1. The summed E-state index contributed by atoms with van der Waals surface area (Å²) in [6.45, 7) is 3.35. The van der Waals surface area contributed by atoms with Crippen LogP contribution in [-0.2, 0) is 4.74 Å². The molecule has 1 fully saturated rings. The van der Waals surface area contributed by atoms with Crippen molar-refractivity contribution < 1.29 is 9.84 Å². The SMILES string of the molecule is Cc1nc(SCC2(CO)COC2)c2ccccc2n1. The van der Waals surface area contributed by atoms with E-state index in [4.69, 9.17) is 4.74 Å². The van der Waals surface area contributed by atoms with E-state index < -0.39 is 0 Å². The minimum atomic E-state index is -0.0926. The number of aliphatic hydroxyl groups is 1. The predicted molar refractivity (Wildman–Crippen MR) is 75.3 cm³/mol. The number of para-hydroxylation sites is 1. The second-order valence-corrected chi connectivity index (χ2v) is 6.00. The van der Waals surface area contributed by atoms with Gasteiger partial charge in [-0.25, -0.2) is 9.97 Å². The number of ether oxygens (including phenoxy) is 1. The molecule has 0 aliphatic carbocycles. The maximum Gasteiger partial charge on any atom is 0.127 e. The fraction of sp³-hybridized carbons (Fsp3) is 0.429. The number of nitrogens with zero attached hydrogens (tertiary/aromatic N) is 2. The fourth-order valence-electron chi connectivity index (χ4n) is 2.10. The van der Waals surface area contributed by atoms with Crippen molar-refractivity contribution in [1.82, 2.24) is 9.97 Å². The van der Waals surface area contributed by atoms with Crippen LogP contribution in [0.25, 0.3) is 10.9 Å². The average Bonchev–Trinajstić information content (AvgIpc) is 2.37. The van der Waals surface area contributed by atoms with Gasteiger partial charge in [0.25, 0.3) is 0 Å². The Morgan fingerprint density at radius 3 is 2.79 bits per heavy atom. The summed E-state index contributed by atoms with van der Waals surface area (Å²) in [6.07, 6.45) is 0. The van der Waals surface area contributed by atoms with Crippen LogP contribution >= 0.6 is 11.8 Å². The number of rotatable bonds is 4. The van der Waals surface area contributed by atoms with Gasteiger partial charge in [-0.05, 0) is 13.0 Å². The van der Waals surface area contributed by atoms with Gasteiger partial charge in [0.1, 0.15) is 10.9 Å². The van der Waals surface area contributed by atoms with E-state index in [1.165, 1.54) is 0 Å². The lowest BCUT2D eigenvalue weighted by Gasteiger charge is -2.39. The first-order chi connectivity index (χ1) is 9.22. The Morgan fingerprint density at radius 2 is 2.11 bits per heavy atom. The molecule has 100 valence electrons. The molecule has 0 unspecified atom stereocenters. The lowest BCUT2D eigenvalue weighted by molar-refractivity contribution is -0.121.